The molecule has 0 aliphatic rings. The van der Waals surface area contributed by atoms with E-state index in [2.05, 4.69) is 36.5 Å². The fraction of sp³-hybridized carbons (Fsp3) is 0.462. The zero-order chi connectivity index (χ0) is 15.5. The molecule has 114 valence electrons. The van der Waals surface area contributed by atoms with Crippen molar-refractivity contribution in [3.8, 4) is 0 Å². The van der Waals surface area contributed by atoms with Gasteiger partial charge in [-0.2, -0.15) is 0 Å². The third kappa shape index (κ3) is 4.59. The van der Waals surface area contributed by atoms with Crippen molar-refractivity contribution >= 4 is 33.5 Å². The van der Waals surface area contributed by atoms with Gasteiger partial charge in [-0.15, -0.1) is 0 Å². The molecule has 2 rings (SSSR count). The number of hydrogen-bond acceptors (Lipinski definition) is 5. The molecule has 8 heteroatoms. The number of nitrogens with one attached hydrogen (secondary N) is 2. The molecule has 0 unspecified atom stereocenters. The number of hydrogen-bond donors (Lipinski definition) is 2. The normalized spacial score (nSPS) is 11.4. The number of imidazole rings is 1. The van der Waals surface area contributed by atoms with Crippen LogP contribution in [0.4, 0.5) is 10.6 Å². The van der Waals surface area contributed by atoms with Crippen LogP contribution in [-0.2, 0) is 4.74 Å². The zero-order valence-electron chi connectivity index (χ0n) is 12.2. The Morgan fingerprint density at radius 1 is 1.43 bits per heavy atom. The first-order chi connectivity index (χ1) is 9.85. The second-order valence-electron chi connectivity index (χ2n) is 5.43. The second-order valence-corrected chi connectivity index (χ2v) is 6.24. The van der Waals surface area contributed by atoms with Gasteiger partial charge in [0, 0.05) is 31.7 Å². The van der Waals surface area contributed by atoms with Crippen LogP contribution in [0.25, 0.3) is 5.65 Å². The summed E-state index contributed by atoms with van der Waals surface area (Å²) in [5, 5.41) is 5.81. The summed E-state index contributed by atoms with van der Waals surface area (Å²) in [6.07, 6.45) is 4.93. The zero-order valence-corrected chi connectivity index (χ0v) is 13.8. The molecular formula is C13H18BrN5O2. The van der Waals surface area contributed by atoms with E-state index in [4.69, 9.17) is 4.74 Å². The van der Waals surface area contributed by atoms with Gasteiger partial charge in [0.25, 0.3) is 0 Å². The molecule has 0 radical (unpaired) electrons. The Morgan fingerprint density at radius 2 is 2.19 bits per heavy atom. The topological polar surface area (TPSA) is 80.5 Å². The molecule has 0 saturated heterocycles. The Hall–Kier alpha value is -1.83. The lowest BCUT2D eigenvalue weighted by atomic mass is 10.2. The first kappa shape index (κ1) is 15.6. The number of fused-ring (bicyclic) bond motifs is 1. The summed E-state index contributed by atoms with van der Waals surface area (Å²) in [6, 6.07) is 0. The van der Waals surface area contributed by atoms with Crippen LogP contribution in [0.15, 0.2) is 23.2 Å². The molecule has 2 N–H and O–H groups in total. The first-order valence-corrected chi connectivity index (χ1v) is 7.34. The highest BCUT2D eigenvalue weighted by atomic mass is 79.9. The number of anilines is 1. The Labute approximate surface area is 131 Å². The summed E-state index contributed by atoms with van der Waals surface area (Å²) in [5.74, 6) is 0.653. The van der Waals surface area contributed by atoms with E-state index >= 15 is 0 Å². The largest absolute Gasteiger partial charge is 0.444 e. The van der Waals surface area contributed by atoms with Gasteiger partial charge in [0.2, 0.25) is 0 Å². The Balaban J connectivity index is 1.85. The minimum atomic E-state index is -0.495. The average Bonchev–Trinajstić information content (AvgIpc) is 2.80. The maximum Gasteiger partial charge on any atom is 0.407 e. The highest BCUT2D eigenvalue weighted by Gasteiger charge is 2.15. The van der Waals surface area contributed by atoms with Crippen LogP contribution in [0.5, 0.6) is 0 Å². The van der Waals surface area contributed by atoms with Gasteiger partial charge in [-0.05, 0) is 36.7 Å². The third-order valence-corrected chi connectivity index (χ3v) is 2.81. The summed E-state index contributed by atoms with van der Waals surface area (Å²) in [4.78, 5) is 20.0. The van der Waals surface area contributed by atoms with E-state index in [1.54, 1.807) is 6.20 Å². The minimum absolute atomic E-state index is 0.427. The van der Waals surface area contributed by atoms with Gasteiger partial charge in [0.1, 0.15) is 10.2 Å². The fourth-order valence-electron chi connectivity index (χ4n) is 1.68. The van der Waals surface area contributed by atoms with E-state index in [1.807, 2.05) is 37.6 Å². The molecule has 0 aromatic carbocycles. The molecule has 7 nitrogen and oxygen atoms in total. The molecule has 1 amide bonds. The minimum Gasteiger partial charge on any atom is -0.444 e. The van der Waals surface area contributed by atoms with Gasteiger partial charge in [0.05, 0.1) is 0 Å². The lowest BCUT2D eigenvalue weighted by molar-refractivity contribution is 0.0530. The van der Waals surface area contributed by atoms with Crippen LogP contribution in [0.3, 0.4) is 0 Å². The number of carbonyl (C=O) groups is 1. The molecular weight excluding hydrogens is 338 g/mol. The molecule has 2 heterocycles. The standard InChI is InChI=1S/C13H18BrN5O2/c1-13(2,3)21-12(20)17-5-4-15-10-11-16-6-7-19(11)8-9(14)18-10/h6-8H,4-5H2,1-3H3,(H,15,18)(H,17,20). The van der Waals surface area contributed by atoms with E-state index in [9.17, 15) is 4.79 Å². The fourth-order valence-corrected chi connectivity index (χ4v) is 2.08. The lowest BCUT2D eigenvalue weighted by Gasteiger charge is -2.19. The Morgan fingerprint density at radius 3 is 2.90 bits per heavy atom. The van der Waals surface area contributed by atoms with Gasteiger partial charge in [0.15, 0.2) is 11.5 Å². The van der Waals surface area contributed by atoms with E-state index in [0.717, 1.165) is 5.65 Å². The van der Waals surface area contributed by atoms with E-state index in [1.165, 1.54) is 0 Å². The van der Waals surface area contributed by atoms with E-state index in [-0.39, 0.29) is 0 Å². The predicted molar refractivity (Wildman–Crippen MR) is 83.4 cm³/mol. The summed E-state index contributed by atoms with van der Waals surface area (Å²) >= 11 is 3.34. The smallest absolute Gasteiger partial charge is 0.407 e. The molecule has 0 aliphatic carbocycles. The number of alkyl carbamates (subject to hydrolysis) is 1. The van der Waals surface area contributed by atoms with Crippen molar-refractivity contribution in [1.29, 1.82) is 0 Å². The van der Waals surface area contributed by atoms with Crippen molar-refractivity contribution in [2.75, 3.05) is 18.4 Å². The van der Waals surface area contributed by atoms with Crippen molar-refractivity contribution in [1.82, 2.24) is 19.7 Å². The van der Waals surface area contributed by atoms with Gasteiger partial charge < -0.3 is 19.8 Å². The number of carbonyl (C=O) groups excluding carboxylic acids is 1. The van der Waals surface area contributed by atoms with Gasteiger partial charge in [-0.25, -0.2) is 14.8 Å². The van der Waals surface area contributed by atoms with Crippen molar-refractivity contribution in [3.05, 3.63) is 23.2 Å². The molecule has 0 saturated carbocycles. The van der Waals surface area contributed by atoms with Crippen molar-refractivity contribution in [2.24, 2.45) is 0 Å². The first-order valence-electron chi connectivity index (χ1n) is 6.55. The second kappa shape index (κ2) is 6.30. The van der Waals surface area contributed by atoms with Crippen LogP contribution >= 0.6 is 15.9 Å². The van der Waals surface area contributed by atoms with E-state index in [0.29, 0.717) is 23.5 Å². The molecule has 0 bridgehead atoms. The van der Waals surface area contributed by atoms with Crippen LogP contribution in [0, 0.1) is 0 Å². The summed E-state index contributed by atoms with van der Waals surface area (Å²) in [6.45, 7) is 6.42. The third-order valence-electron chi connectivity index (χ3n) is 2.43. The average molecular weight is 356 g/mol. The highest BCUT2D eigenvalue weighted by Crippen LogP contribution is 2.16. The van der Waals surface area contributed by atoms with Crippen LogP contribution in [0.1, 0.15) is 20.8 Å². The van der Waals surface area contributed by atoms with Crippen molar-refractivity contribution in [3.63, 3.8) is 0 Å². The molecule has 2 aromatic rings. The Bertz CT molecular complexity index is 635. The number of halogens is 1. The van der Waals surface area contributed by atoms with Crippen LogP contribution < -0.4 is 10.6 Å². The molecule has 2 aromatic heterocycles. The number of rotatable bonds is 4. The number of amides is 1. The number of ether oxygens (including phenoxy) is 1. The van der Waals surface area contributed by atoms with E-state index < -0.39 is 11.7 Å². The number of nitrogens with zero attached hydrogens (tertiary/aromatic N) is 3. The maximum absolute atomic E-state index is 11.5. The summed E-state index contributed by atoms with van der Waals surface area (Å²) in [7, 11) is 0. The van der Waals surface area contributed by atoms with Crippen LogP contribution in [0.2, 0.25) is 0 Å². The van der Waals surface area contributed by atoms with Gasteiger partial charge in [-0.3, -0.25) is 0 Å². The van der Waals surface area contributed by atoms with Crippen molar-refractivity contribution < 1.29 is 9.53 Å². The molecule has 0 fully saturated rings. The summed E-state index contributed by atoms with van der Waals surface area (Å²) in [5.41, 5.74) is 0.237. The molecule has 21 heavy (non-hydrogen) atoms. The summed E-state index contributed by atoms with van der Waals surface area (Å²) < 4.78 is 7.72. The number of aromatic nitrogens is 3. The predicted octanol–water partition coefficient (Wildman–Crippen LogP) is 2.43. The van der Waals surface area contributed by atoms with Crippen molar-refractivity contribution in [2.45, 2.75) is 26.4 Å². The molecule has 0 atom stereocenters. The molecule has 0 aliphatic heterocycles. The lowest BCUT2D eigenvalue weighted by Crippen LogP contribution is -2.35. The van der Waals surface area contributed by atoms with Gasteiger partial charge >= 0.3 is 6.09 Å². The quantitative estimate of drug-likeness (QED) is 0.823. The molecule has 0 spiro atoms. The Kier molecular flexibility index (Phi) is 4.66. The monoisotopic (exact) mass is 355 g/mol. The van der Waals surface area contributed by atoms with Crippen LogP contribution in [-0.4, -0.2) is 39.2 Å². The highest BCUT2D eigenvalue weighted by molar-refractivity contribution is 9.10. The SMILES string of the molecule is CC(C)(C)OC(=O)NCCNc1nc(Br)cn2ccnc12. The maximum atomic E-state index is 11.5. The van der Waals surface area contributed by atoms with Gasteiger partial charge in [-0.1, -0.05) is 0 Å².